The number of hydrogen-bond donors (Lipinski definition) is 3. The van der Waals surface area contributed by atoms with Crippen molar-refractivity contribution in [1.82, 2.24) is 10.6 Å². The van der Waals surface area contributed by atoms with Crippen molar-refractivity contribution < 1.29 is 14.6 Å². The lowest BCUT2D eigenvalue weighted by molar-refractivity contribution is -0.123. The molecule has 0 heterocycles. The van der Waals surface area contributed by atoms with Gasteiger partial charge in [0.1, 0.15) is 0 Å². The van der Waals surface area contributed by atoms with Crippen molar-refractivity contribution >= 4 is 5.91 Å². The van der Waals surface area contributed by atoms with Crippen LogP contribution in [0.4, 0.5) is 0 Å². The summed E-state index contributed by atoms with van der Waals surface area (Å²) in [6, 6.07) is -0.266. The summed E-state index contributed by atoms with van der Waals surface area (Å²) >= 11 is 0. The Hall–Kier alpha value is -0.650. The lowest BCUT2D eigenvalue weighted by atomic mass is 9.97. The number of nitrogens with one attached hydrogen (secondary N) is 2. The standard InChI is InChI=1S/C13H26N2O3/c1-11(12(17)14-8-5-9-18-2)15-13(10-16)6-3-4-7-13/h11,15-16H,3-10H2,1-2H3,(H,14,17). The fraction of sp³-hybridized carbons (Fsp3) is 0.923. The first kappa shape index (κ1) is 15.4. The minimum absolute atomic E-state index is 0.00849. The number of amides is 1. The van der Waals surface area contributed by atoms with E-state index >= 15 is 0 Å². The molecule has 5 nitrogen and oxygen atoms in total. The molecule has 0 aromatic carbocycles. The van der Waals surface area contributed by atoms with Gasteiger partial charge in [0, 0.05) is 25.8 Å². The van der Waals surface area contributed by atoms with Gasteiger partial charge in [-0.1, -0.05) is 12.8 Å². The maximum atomic E-state index is 11.9. The van der Waals surface area contributed by atoms with Crippen LogP contribution in [0.15, 0.2) is 0 Å². The fourth-order valence-electron chi connectivity index (χ4n) is 2.51. The predicted molar refractivity (Wildman–Crippen MR) is 70.4 cm³/mol. The molecule has 0 bridgehead atoms. The second-order valence-corrected chi connectivity index (χ2v) is 5.15. The zero-order chi connectivity index (χ0) is 13.4. The normalized spacial score (nSPS) is 19.7. The van der Waals surface area contributed by atoms with Crippen molar-refractivity contribution in [1.29, 1.82) is 0 Å². The van der Waals surface area contributed by atoms with Gasteiger partial charge >= 0.3 is 0 Å². The van der Waals surface area contributed by atoms with Gasteiger partial charge in [0.25, 0.3) is 0 Å². The molecule has 106 valence electrons. The summed E-state index contributed by atoms with van der Waals surface area (Å²) < 4.78 is 4.93. The van der Waals surface area contributed by atoms with Gasteiger partial charge in [-0.2, -0.15) is 0 Å². The van der Waals surface area contributed by atoms with Crippen molar-refractivity contribution in [3.63, 3.8) is 0 Å². The summed E-state index contributed by atoms with van der Waals surface area (Å²) in [5.41, 5.74) is -0.247. The van der Waals surface area contributed by atoms with E-state index in [1.165, 1.54) is 0 Å². The summed E-state index contributed by atoms with van der Waals surface area (Å²) in [5, 5.41) is 15.6. The number of hydrogen-bond acceptors (Lipinski definition) is 4. The van der Waals surface area contributed by atoms with Crippen LogP contribution in [0.5, 0.6) is 0 Å². The molecular formula is C13H26N2O3. The maximum absolute atomic E-state index is 11.9. The van der Waals surface area contributed by atoms with Crippen molar-refractivity contribution in [2.75, 3.05) is 26.9 Å². The van der Waals surface area contributed by atoms with Crippen LogP contribution in [0.1, 0.15) is 39.0 Å². The Labute approximate surface area is 109 Å². The summed E-state index contributed by atoms with van der Waals surface area (Å²) in [6.07, 6.45) is 4.96. The van der Waals surface area contributed by atoms with Crippen LogP contribution >= 0.6 is 0 Å². The van der Waals surface area contributed by atoms with Crippen LogP contribution in [0, 0.1) is 0 Å². The summed E-state index contributed by atoms with van der Waals surface area (Å²) in [5.74, 6) is -0.00849. The third-order valence-electron chi connectivity index (χ3n) is 3.60. The van der Waals surface area contributed by atoms with Gasteiger partial charge in [0.2, 0.25) is 5.91 Å². The predicted octanol–water partition coefficient (Wildman–Crippen LogP) is 0.422. The average molecular weight is 258 g/mol. The number of aliphatic hydroxyl groups excluding tert-OH is 1. The lowest BCUT2D eigenvalue weighted by Gasteiger charge is -2.31. The van der Waals surface area contributed by atoms with Gasteiger partial charge in [-0.15, -0.1) is 0 Å². The molecule has 1 atom stereocenters. The number of ether oxygens (including phenoxy) is 1. The molecule has 1 unspecified atom stereocenters. The van der Waals surface area contributed by atoms with E-state index in [4.69, 9.17) is 4.74 Å². The largest absolute Gasteiger partial charge is 0.394 e. The Morgan fingerprint density at radius 2 is 2.11 bits per heavy atom. The van der Waals surface area contributed by atoms with E-state index in [9.17, 15) is 9.90 Å². The molecule has 1 amide bonds. The Bertz CT molecular complexity index is 253. The molecule has 0 aromatic rings. The quantitative estimate of drug-likeness (QED) is 0.552. The highest BCUT2D eigenvalue weighted by atomic mass is 16.5. The van der Waals surface area contributed by atoms with Gasteiger partial charge in [-0.05, 0) is 26.2 Å². The van der Waals surface area contributed by atoms with Crippen molar-refractivity contribution in [2.24, 2.45) is 0 Å². The lowest BCUT2D eigenvalue weighted by Crippen LogP contribution is -2.55. The summed E-state index contributed by atoms with van der Waals surface area (Å²) in [7, 11) is 1.65. The molecule has 0 aromatic heterocycles. The number of carbonyl (C=O) groups excluding carboxylic acids is 1. The van der Waals surface area contributed by atoms with Gasteiger partial charge < -0.3 is 15.2 Å². The smallest absolute Gasteiger partial charge is 0.236 e. The molecule has 0 saturated heterocycles. The number of rotatable bonds is 8. The average Bonchev–Trinajstić information content (AvgIpc) is 2.83. The van der Waals surface area contributed by atoms with Gasteiger partial charge in [0.15, 0.2) is 0 Å². The first-order valence-electron chi connectivity index (χ1n) is 6.79. The van der Waals surface area contributed by atoms with Crippen molar-refractivity contribution in [2.45, 2.75) is 50.6 Å². The van der Waals surface area contributed by atoms with Crippen LogP contribution in [-0.2, 0) is 9.53 Å². The molecule has 0 radical (unpaired) electrons. The van der Waals surface area contributed by atoms with Crippen LogP contribution < -0.4 is 10.6 Å². The number of carbonyl (C=O) groups is 1. The second-order valence-electron chi connectivity index (χ2n) is 5.15. The van der Waals surface area contributed by atoms with E-state index in [0.29, 0.717) is 13.2 Å². The molecule has 1 fully saturated rings. The molecule has 3 N–H and O–H groups in total. The molecule has 5 heteroatoms. The van der Waals surface area contributed by atoms with Crippen LogP contribution in [0.3, 0.4) is 0 Å². The highest BCUT2D eigenvalue weighted by molar-refractivity contribution is 5.81. The fourth-order valence-corrected chi connectivity index (χ4v) is 2.51. The minimum atomic E-state index is -0.266. The second kappa shape index (κ2) is 7.71. The van der Waals surface area contributed by atoms with Crippen LogP contribution in [0.2, 0.25) is 0 Å². The Morgan fingerprint density at radius 1 is 1.44 bits per heavy atom. The number of aliphatic hydroxyl groups is 1. The van der Waals surface area contributed by atoms with Gasteiger partial charge in [-0.25, -0.2) is 0 Å². The highest BCUT2D eigenvalue weighted by Crippen LogP contribution is 2.29. The van der Waals surface area contributed by atoms with Crippen LogP contribution in [0.25, 0.3) is 0 Å². The maximum Gasteiger partial charge on any atom is 0.236 e. The van der Waals surface area contributed by atoms with E-state index in [1.54, 1.807) is 7.11 Å². The Balaban J connectivity index is 2.30. The van der Waals surface area contributed by atoms with E-state index in [2.05, 4.69) is 10.6 Å². The third-order valence-corrected chi connectivity index (χ3v) is 3.60. The molecule has 0 aliphatic heterocycles. The molecule has 0 spiro atoms. The SMILES string of the molecule is COCCCNC(=O)C(C)NC1(CO)CCCC1. The van der Waals surface area contributed by atoms with Gasteiger partial charge in [0.05, 0.1) is 12.6 Å². The van der Waals surface area contributed by atoms with E-state index in [1.807, 2.05) is 6.92 Å². The third kappa shape index (κ3) is 4.55. The van der Waals surface area contributed by atoms with Gasteiger partial charge in [-0.3, -0.25) is 10.1 Å². The first-order chi connectivity index (χ1) is 8.63. The molecule has 1 aliphatic carbocycles. The molecule has 1 saturated carbocycles. The Morgan fingerprint density at radius 3 is 2.67 bits per heavy atom. The van der Waals surface area contributed by atoms with E-state index in [-0.39, 0.29) is 24.1 Å². The topological polar surface area (TPSA) is 70.6 Å². The van der Waals surface area contributed by atoms with Crippen molar-refractivity contribution in [3.8, 4) is 0 Å². The monoisotopic (exact) mass is 258 g/mol. The number of methoxy groups -OCH3 is 1. The molecule has 1 rings (SSSR count). The molecule has 1 aliphatic rings. The highest BCUT2D eigenvalue weighted by Gasteiger charge is 2.35. The molecular weight excluding hydrogens is 232 g/mol. The first-order valence-corrected chi connectivity index (χ1v) is 6.79. The van der Waals surface area contributed by atoms with E-state index in [0.717, 1.165) is 32.1 Å². The zero-order valence-corrected chi connectivity index (χ0v) is 11.5. The molecule has 18 heavy (non-hydrogen) atoms. The summed E-state index contributed by atoms with van der Waals surface area (Å²) in [4.78, 5) is 11.9. The van der Waals surface area contributed by atoms with Crippen molar-refractivity contribution in [3.05, 3.63) is 0 Å². The minimum Gasteiger partial charge on any atom is -0.394 e. The Kier molecular flexibility index (Phi) is 6.60. The van der Waals surface area contributed by atoms with Crippen LogP contribution in [-0.4, -0.2) is 49.5 Å². The van der Waals surface area contributed by atoms with E-state index < -0.39 is 0 Å². The summed E-state index contributed by atoms with van der Waals surface area (Å²) in [6.45, 7) is 3.24. The zero-order valence-electron chi connectivity index (χ0n) is 11.5.